The van der Waals surface area contributed by atoms with Gasteiger partial charge in [-0.1, -0.05) is 0 Å². The molecule has 3 rings (SSSR count). The maximum absolute atomic E-state index is 12.5. The molecule has 9 heteroatoms. The van der Waals surface area contributed by atoms with Crippen LogP contribution in [0, 0.1) is 0 Å². The van der Waals surface area contributed by atoms with Gasteiger partial charge in [0.25, 0.3) is 15.9 Å². The van der Waals surface area contributed by atoms with Crippen molar-refractivity contribution in [2.24, 2.45) is 5.73 Å². The third-order valence-corrected chi connectivity index (χ3v) is 5.96. The van der Waals surface area contributed by atoms with E-state index in [4.69, 9.17) is 14.9 Å². The molecule has 0 unspecified atom stereocenters. The first-order chi connectivity index (χ1) is 11.0. The lowest BCUT2D eigenvalue weighted by atomic mass is 10.1. The number of nitrogens with zero attached hydrogens (tertiary/aromatic N) is 2. The Balaban J connectivity index is 1.73. The molecule has 0 aliphatic carbocycles. The predicted molar refractivity (Wildman–Crippen MR) is 81.4 cm³/mol. The molecule has 0 bridgehead atoms. The molecule has 2 fully saturated rings. The van der Waals surface area contributed by atoms with Gasteiger partial charge in [0.05, 0.1) is 13.2 Å². The zero-order chi connectivity index (χ0) is 16.4. The van der Waals surface area contributed by atoms with Crippen molar-refractivity contribution in [1.82, 2.24) is 9.21 Å². The van der Waals surface area contributed by atoms with Gasteiger partial charge in [-0.05, 0) is 25.0 Å². The number of rotatable bonds is 3. The number of amides is 1. The van der Waals surface area contributed by atoms with Gasteiger partial charge >= 0.3 is 0 Å². The smallest absolute Gasteiger partial charge is 0.289 e. The molecule has 23 heavy (non-hydrogen) atoms. The van der Waals surface area contributed by atoms with Gasteiger partial charge in [-0.15, -0.1) is 0 Å². The SMILES string of the molecule is NC1CCN(C(=O)c2ccc(S(=O)(=O)N3CCOCC3)o2)CC1. The number of morpholine rings is 1. The van der Waals surface area contributed by atoms with E-state index in [0.717, 1.165) is 12.8 Å². The Morgan fingerprint density at radius 2 is 1.78 bits per heavy atom. The summed E-state index contributed by atoms with van der Waals surface area (Å²) in [6.45, 7) is 2.42. The van der Waals surface area contributed by atoms with Crippen LogP contribution in [-0.4, -0.2) is 69.0 Å². The lowest BCUT2D eigenvalue weighted by Crippen LogP contribution is -2.42. The molecule has 2 aliphatic rings. The number of ether oxygens (including phenoxy) is 1. The first-order valence-electron chi connectivity index (χ1n) is 7.71. The van der Waals surface area contributed by atoms with E-state index in [1.165, 1.54) is 16.4 Å². The topological polar surface area (TPSA) is 106 Å². The first kappa shape index (κ1) is 16.4. The van der Waals surface area contributed by atoms with Gasteiger partial charge in [0, 0.05) is 32.2 Å². The Kier molecular flexibility index (Phi) is 4.72. The minimum Gasteiger partial charge on any atom is -0.438 e. The quantitative estimate of drug-likeness (QED) is 0.819. The summed E-state index contributed by atoms with van der Waals surface area (Å²) >= 11 is 0. The minimum atomic E-state index is -3.72. The van der Waals surface area contributed by atoms with Crippen LogP contribution in [0.5, 0.6) is 0 Å². The summed E-state index contributed by atoms with van der Waals surface area (Å²) in [5, 5.41) is -0.198. The summed E-state index contributed by atoms with van der Waals surface area (Å²) < 4.78 is 36.8. The summed E-state index contributed by atoms with van der Waals surface area (Å²) in [7, 11) is -3.72. The van der Waals surface area contributed by atoms with Crippen molar-refractivity contribution in [3.05, 3.63) is 17.9 Å². The van der Waals surface area contributed by atoms with Crippen molar-refractivity contribution < 1.29 is 22.4 Å². The molecule has 1 aromatic rings. The number of furan rings is 1. The summed E-state index contributed by atoms with van der Waals surface area (Å²) in [4.78, 5) is 14.0. The molecular weight excluding hydrogens is 322 g/mol. The molecule has 3 heterocycles. The van der Waals surface area contributed by atoms with Crippen LogP contribution >= 0.6 is 0 Å². The van der Waals surface area contributed by atoms with Gasteiger partial charge < -0.3 is 19.8 Å². The van der Waals surface area contributed by atoms with Crippen molar-refractivity contribution in [2.45, 2.75) is 24.0 Å². The third-order valence-electron chi connectivity index (χ3n) is 4.18. The third kappa shape index (κ3) is 3.42. The van der Waals surface area contributed by atoms with Crippen molar-refractivity contribution in [1.29, 1.82) is 0 Å². The number of sulfonamides is 1. The van der Waals surface area contributed by atoms with Gasteiger partial charge in [-0.3, -0.25) is 4.79 Å². The molecule has 0 atom stereocenters. The second-order valence-electron chi connectivity index (χ2n) is 5.76. The highest BCUT2D eigenvalue weighted by atomic mass is 32.2. The minimum absolute atomic E-state index is 0.0484. The largest absolute Gasteiger partial charge is 0.438 e. The van der Waals surface area contributed by atoms with Crippen LogP contribution in [-0.2, 0) is 14.8 Å². The fourth-order valence-corrected chi connectivity index (χ4v) is 4.07. The number of nitrogens with two attached hydrogens (primary N) is 1. The van der Waals surface area contributed by atoms with E-state index >= 15 is 0 Å². The summed E-state index contributed by atoms with van der Waals surface area (Å²) in [5.41, 5.74) is 5.82. The zero-order valence-corrected chi connectivity index (χ0v) is 13.6. The molecule has 1 amide bonds. The molecule has 2 N–H and O–H groups in total. The van der Waals surface area contributed by atoms with Crippen molar-refractivity contribution in [3.8, 4) is 0 Å². The number of likely N-dealkylation sites (tertiary alicyclic amines) is 1. The van der Waals surface area contributed by atoms with E-state index in [1.54, 1.807) is 4.90 Å². The monoisotopic (exact) mass is 343 g/mol. The molecule has 0 radical (unpaired) electrons. The van der Waals surface area contributed by atoms with E-state index in [9.17, 15) is 13.2 Å². The molecule has 0 saturated carbocycles. The lowest BCUT2D eigenvalue weighted by molar-refractivity contribution is 0.0670. The van der Waals surface area contributed by atoms with Crippen LogP contribution in [0.1, 0.15) is 23.4 Å². The number of hydrogen-bond donors (Lipinski definition) is 1. The highest BCUT2D eigenvalue weighted by Crippen LogP contribution is 2.21. The molecule has 2 saturated heterocycles. The van der Waals surface area contributed by atoms with Gasteiger partial charge in [0.15, 0.2) is 5.76 Å². The Morgan fingerprint density at radius 3 is 2.43 bits per heavy atom. The van der Waals surface area contributed by atoms with Crippen molar-refractivity contribution >= 4 is 15.9 Å². The second kappa shape index (κ2) is 6.60. The van der Waals surface area contributed by atoms with Crippen LogP contribution in [0.25, 0.3) is 0 Å². The maximum Gasteiger partial charge on any atom is 0.289 e. The molecule has 1 aromatic heterocycles. The Labute approximate surface area is 135 Å². The van der Waals surface area contributed by atoms with Gasteiger partial charge in [-0.2, -0.15) is 4.31 Å². The van der Waals surface area contributed by atoms with E-state index in [-0.39, 0.29) is 35.9 Å². The lowest BCUT2D eigenvalue weighted by Gasteiger charge is -2.29. The zero-order valence-electron chi connectivity index (χ0n) is 12.8. The number of hydrogen-bond acceptors (Lipinski definition) is 6. The Bertz CT molecular complexity index is 658. The fourth-order valence-electron chi connectivity index (χ4n) is 2.75. The van der Waals surface area contributed by atoms with E-state index in [0.29, 0.717) is 26.3 Å². The van der Waals surface area contributed by atoms with Gasteiger partial charge in [0.1, 0.15) is 0 Å². The summed E-state index contributed by atoms with van der Waals surface area (Å²) in [5.74, 6) is -0.243. The number of carbonyl (C=O) groups excluding carboxylic acids is 1. The van der Waals surface area contributed by atoms with Crippen LogP contribution in [0.3, 0.4) is 0 Å². The van der Waals surface area contributed by atoms with Crippen molar-refractivity contribution in [2.75, 3.05) is 39.4 Å². The highest BCUT2D eigenvalue weighted by molar-refractivity contribution is 7.89. The number of carbonyl (C=O) groups is 1. The molecule has 0 aromatic carbocycles. The maximum atomic E-state index is 12.5. The highest BCUT2D eigenvalue weighted by Gasteiger charge is 2.31. The normalized spacial score (nSPS) is 21.5. The first-order valence-corrected chi connectivity index (χ1v) is 9.15. The summed E-state index contributed by atoms with van der Waals surface area (Å²) in [6, 6.07) is 2.88. The molecule has 128 valence electrons. The van der Waals surface area contributed by atoms with Gasteiger partial charge in [0.2, 0.25) is 5.09 Å². The summed E-state index contributed by atoms with van der Waals surface area (Å²) in [6.07, 6.45) is 1.48. The van der Waals surface area contributed by atoms with E-state index in [1.807, 2.05) is 0 Å². The second-order valence-corrected chi connectivity index (χ2v) is 7.63. The van der Waals surface area contributed by atoms with Crippen LogP contribution in [0.4, 0.5) is 0 Å². The number of piperidine rings is 1. The van der Waals surface area contributed by atoms with E-state index in [2.05, 4.69) is 0 Å². The molecule has 8 nitrogen and oxygen atoms in total. The Morgan fingerprint density at radius 1 is 1.13 bits per heavy atom. The Hall–Kier alpha value is -1.42. The predicted octanol–water partition coefficient (Wildman–Crippen LogP) is -0.136. The fraction of sp³-hybridized carbons (Fsp3) is 0.643. The molecular formula is C14H21N3O5S. The average molecular weight is 343 g/mol. The van der Waals surface area contributed by atoms with Crippen LogP contribution < -0.4 is 5.73 Å². The van der Waals surface area contributed by atoms with E-state index < -0.39 is 10.0 Å². The standard InChI is InChI=1S/C14H21N3O5S/c15-11-3-5-16(6-4-11)14(18)12-1-2-13(22-12)23(19,20)17-7-9-21-10-8-17/h1-2,11H,3-10,15H2. The van der Waals surface area contributed by atoms with Crippen molar-refractivity contribution in [3.63, 3.8) is 0 Å². The van der Waals surface area contributed by atoms with Crippen LogP contribution in [0.15, 0.2) is 21.6 Å². The van der Waals surface area contributed by atoms with Crippen LogP contribution in [0.2, 0.25) is 0 Å². The average Bonchev–Trinajstić information content (AvgIpc) is 3.06. The molecule has 0 spiro atoms. The molecule has 2 aliphatic heterocycles. The van der Waals surface area contributed by atoms with Gasteiger partial charge in [-0.25, -0.2) is 8.42 Å².